The second kappa shape index (κ2) is 9.03. The lowest BCUT2D eigenvalue weighted by Crippen LogP contribution is -2.19. The normalized spacial score (nSPS) is 10.0. The fourth-order valence-corrected chi connectivity index (χ4v) is 2.40. The molecule has 0 unspecified atom stereocenters. The van der Waals surface area contributed by atoms with Crippen LogP contribution in [0.5, 0.6) is 5.75 Å². The van der Waals surface area contributed by atoms with Crippen LogP contribution >= 0.6 is 12.2 Å². The number of ether oxygens (including phenoxy) is 2. The Balaban J connectivity index is 1.99. The molecular weight excluding hydrogens is 336 g/mol. The zero-order valence-electron chi connectivity index (χ0n) is 14.6. The highest BCUT2D eigenvalue weighted by molar-refractivity contribution is 7.80. The van der Waals surface area contributed by atoms with Crippen molar-refractivity contribution in [1.29, 1.82) is 0 Å². The van der Waals surface area contributed by atoms with E-state index >= 15 is 0 Å². The molecule has 2 aromatic rings. The maximum atomic E-state index is 11.8. The summed E-state index contributed by atoms with van der Waals surface area (Å²) in [6.07, 6.45) is 0.799. The zero-order valence-corrected chi connectivity index (χ0v) is 15.4. The molecule has 2 aromatic carbocycles. The Morgan fingerprint density at radius 1 is 1.12 bits per heavy atom. The van der Waals surface area contributed by atoms with E-state index in [-0.39, 0.29) is 5.97 Å². The molecule has 0 saturated carbocycles. The number of hydrogen-bond donors (Lipinski definition) is 2. The topological polar surface area (TPSA) is 59.6 Å². The summed E-state index contributed by atoms with van der Waals surface area (Å²) in [4.78, 5) is 11.8. The molecule has 5 nitrogen and oxygen atoms in total. The minimum absolute atomic E-state index is 0.321. The van der Waals surface area contributed by atoms with E-state index in [0.29, 0.717) is 23.0 Å². The highest BCUT2D eigenvalue weighted by atomic mass is 32.1. The van der Waals surface area contributed by atoms with Crippen LogP contribution in [0.2, 0.25) is 0 Å². The van der Waals surface area contributed by atoms with Gasteiger partial charge in [-0.15, -0.1) is 0 Å². The van der Waals surface area contributed by atoms with Gasteiger partial charge in [0.05, 0.1) is 25.0 Å². The highest BCUT2D eigenvalue weighted by Crippen LogP contribution is 2.25. The molecule has 132 valence electrons. The summed E-state index contributed by atoms with van der Waals surface area (Å²) in [5.74, 6) is 0.391. The van der Waals surface area contributed by atoms with Crippen LogP contribution < -0.4 is 15.4 Å². The lowest BCUT2D eigenvalue weighted by atomic mass is 10.2. The second-order valence-electron chi connectivity index (χ2n) is 5.50. The van der Waals surface area contributed by atoms with E-state index in [1.807, 2.05) is 32.0 Å². The van der Waals surface area contributed by atoms with Gasteiger partial charge in [0.1, 0.15) is 5.75 Å². The molecule has 0 atom stereocenters. The largest absolute Gasteiger partial charge is 0.495 e. The standard InChI is InChI=1S/C19H22N2O3S/c1-4-11-24-18(22)14-6-8-15(9-7-14)20-19(25)21-16-12-13(2)5-10-17(16)23-3/h5-10,12H,4,11H2,1-3H3,(H2,20,21,25). The number of nitrogens with one attached hydrogen (secondary N) is 2. The maximum Gasteiger partial charge on any atom is 0.338 e. The Kier molecular flexibility index (Phi) is 6.77. The average molecular weight is 358 g/mol. The molecule has 0 heterocycles. The van der Waals surface area contributed by atoms with Crippen molar-refractivity contribution >= 4 is 34.7 Å². The van der Waals surface area contributed by atoms with Gasteiger partial charge < -0.3 is 20.1 Å². The molecule has 0 fully saturated rings. The molecule has 0 saturated heterocycles. The van der Waals surface area contributed by atoms with Crippen LogP contribution in [0.15, 0.2) is 42.5 Å². The van der Waals surface area contributed by atoms with Crippen LogP contribution in [0.1, 0.15) is 29.3 Å². The number of thiocarbonyl (C=S) groups is 1. The molecule has 2 N–H and O–H groups in total. The third kappa shape index (κ3) is 5.46. The minimum Gasteiger partial charge on any atom is -0.495 e. The van der Waals surface area contributed by atoms with Gasteiger partial charge in [-0.05, 0) is 67.5 Å². The summed E-state index contributed by atoms with van der Waals surface area (Å²) in [7, 11) is 1.61. The number of benzene rings is 2. The molecule has 0 aliphatic carbocycles. The number of rotatable bonds is 6. The number of aryl methyl sites for hydroxylation is 1. The van der Waals surface area contributed by atoms with E-state index in [2.05, 4.69) is 10.6 Å². The SMILES string of the molecule is CCCOC(=O)c1ccc(NC(=S)Nc2cc(C)ccc2OC)cc1. The summed E-state index contributed by atoms with van der Waals surface area (Å²) in [6, 6.07) is 12.8. The Labute approximate surface area is 153 Å². The fraction of sp³-hybridized carbons (Fsp3) is 0.263. The predicted octanol–water partition coefficient (Wildman–Crippen LogP) is 4.38. The van der Waals surface area contributed by atoms with Gasteiger partial charge in [-0.2, -0.15) is 0 Å². The highest BCUT2D eigenvalue weighted by Gasteiger charge is 2.08. The first-order chi connectivity index (χ1) is 12.0. The van der Waals surface area contributed by atoms with Crippen molar-refractivity contribution in [3.8, 4) is 5.75 Å². The molecule has 25 heavy (non-hydrogen) atoms. The molecule has 0 spiro atoms. The van der Waals surface area contributed by atoms with Crippen molar-refractivity contribution in [2.24, 2.45) is 0 Å². The summed E-state index contributed by atoms with van der Waals surface area (Å²) < 4.78 is 10.4. The number of esters is 1. The second-order valence-corrected chi connectivity index (χ2v) is 5.90. The van der Waals surface area contributed by atoms with Gasteiger partial charge in [0.15, 0.2) is 5.11 Å². The fourth-order valence-electron chi connectivity index (χ4n) is 2.17. The summed E-state index contributed by atoms with van der Waals surface area (Å²) >= 11 is 5.34. The van der Waals surface area contributed by atoms with E-state index in [9.17, 15) is 4.79 Å². The summed E-state index contributed by atoms with van der Waals surface area (Å²) in [5.41, 5.74) is 3.18. The molecule has 6 heteroatoms. The Morgan fingerprint density at radius 2 is 1.84 bits per heavy atom. The van der Waals surface area contributed by atoms with E-state index in [4.69, 9.17) is 21.7 Å². The van der Waals surface area contributed by atoms with Crippen molar-refractivity contribution in [3.63, 3.8) is 0 Å². The zero-order chi connectivity index (χ0) is 18.2. The lowest BCUT2D eigenvalue weighted by Gasteiger charge is -2.14. The van der Waals surface area contributed by atoms with Crippen LogP contribution in [0.4, 0.5) is 11.4 Å². The lowest BCUT2D eigenvalue weighted by molar-refractivity contribution is 0.0505. The smallest absolute Gasteiger partial charge is 0.338 e. The van der Waals surface area contributed by atoms with E-state index in [1.54, 1.807) is 31.4 Å². The van der Waals surface area contributed by atoms with Crippen LogP contribution in [0.25, 0.3) is 0 Å². The van der Waals surface area contributed by atoms with Crippen molar-refractivity contribution < 1.29 is 14.3 Å². The number of carbonyl (C=O) groups is 1. The molecule has 0 aromatic heterocycles. The van der Waals surface area contributed by atoms with E-state index < -0.39 is 0 Å². The molecule has 0 aliphatic heterocycles. The molecule has 0 bridgehead atoms. The predicted molar refractivity (Wildman–Crippen MR) is 105 cm³/mol. The van der Waals surface area contributed by atoms with Crippen molar-refractivity contribution in [2.45, 2.75) is 20.3 Å². The van der Waals surface area contributed by atoms with Gasteiger partial charge in [0, 0.05) is 5.69 Å². The summed E-state index contributed by atoms with van der Waals surface area (Å²) in [5, 5.41) is 6.64. The van der Waals surface area contributed by atoms with Gasteiger partial charge >= 0.3 is 5.97 Å². The van der Waals surface area contributed by atoms with Crippen molar-refractivity contribution in [2.75, 3.05) is 24.4 Å². The van der Waals surface area contributed by atoms with Crippen LogP contribution in [0.3, 0.4) is 0 Å². The molecule has 0 amide bonds. The first kappa shape index (κ1) is 18.7. The first-order valence-corrected chi connectivity index (χ1v) is 8.44. The molecular formula is C19H22N2O3S. The number of anilines is 2. The van der Waals surface area contributed by atoms with E-state index in [1.165, 1.54) is 0 Å². The number of hydrogen-bond acceptors (Lipinski definition) is 4. The minimum atomic E-state index is -0.321. The van der Waals surface area contributed by atoms with Gasteiger partial charge in [0.2, 0.25) is 0 Å². The van der Waals surface area contributed by atoms with Crippen molar-refractivity contribution in [1.82, 2.24) is 0 Å². The Bertz CT molecular complexity index is 745. The van der Waals surface area contributed by atoms with Gasteiger partial charge in [-0.1, -0.05) is 13.0 Å². The van der Waals surface area contributed by atoms with Gasteiger partial charge in [0.25, 0.3) is 0 Å². The van der Waals surface area contributed by atoms with Crippen LogP contribution in [-0.2, 0) is 4.74 Å². The third-order valence-electron chi connectivity index (χ3n) is 3.42. The first-order valence-electron chi connectivity index (χ1n) is 8.03. The summed E-state index contributed by atoms with van der Waals surface area (Å²) in [6.45, 7) is 4.38. The van der Waals surface area contributed by atoms with E-state index in [0.717, 1.165) is 23.4 Å². The van der Waals surface area contributed by atoms with Crippen LogP contribution in [-0.4, -0.2) is 24.8 Å². The Hall–Kier alpha value is -2.60. The monoisotopic (exact) mass is 358 g/mol. The van der Waals surface area contributed by atoms with Crippen molar-refractivity contribution in [3.05, 3.63) is 53.6 Å². The van der Waals surface area contributed by atoms with Gasteiger partial charge in [-0.25, -0.2) is 4.79 Å². The molecule has 0 aliphatic rings. The Morgan fingerprint density at radius 3 is 2.48 bits per heavy atom. The molecule has 0 radical (unpaired) electrons. The molecule has 2 rings (SSSR count). The van der Waals surface area contributed by atoms with Gasteiger partial charge in [-0.3, -0.25) is 0 Å². The third-order valence-corrected chi connectivity index (χ3v) is 3.62. The number of carbonyl (C=O) groups excluding carboxylic acids is 1. The maximum absolute atomic E-state index is 11.8. The quantitative estimate of drug-likeness (QED) is 0.590. The van der Waals surface area contributed by atoms with Crippen LogP contribution in [0, 0.1) is 6.92 Å². The number of methoxy groups -OCH3 is 1. The average Bonchev–Trinajstić information content (AvgIpc) is 2.60.